The van der Waals surface area contributed by atoms with E-state index in [2.05, 4.69) is 25.0 Å². The maximum absolute atomic E-state index is 12.4. The summed E-state index contributed by atoms with van der Waals surface area (Å²) in [5.41, 5.74) is 1.78. The Balaban J connectivity index is 1.22. The Morgan fingerprint density at radius 2 is 1.86 bits per heavy atom. The smallest absolute Gasteiger partial charge is 0.298 e. The van der Waals surface area contributed by atoms with Gasteiger partial charge < -0.3 is 24.4 Å². The summed E-state index contributed by atoms with van der Waals surface area (Å²) in [7, 11) is 4.06. The maximum atomic E-state index is 12.4. The molecule has 29 heavy (non-hydrogen) atoms. The molecule has 7 nitrogen and oxygen atoms in total. The van der Waals surface area contributed by atoms with E-state index in [0.717, 1.165) is 82.1 Å². The number of anilines is 1. The zero-order valence-electron chi connectivity index (χ0n) is 17.6. The lowest BCUT2D eigenvalue weighted by Gasteiger charge is -2.41. The van der Waals surface area contributed by atoms with Crippen LogP contribution >= 0.6 is 0 Å². The average molecular weight is 400 g/mol. The second-order valence-electron chi connectivity index (χ2n) is 8.59. The van der Waals surface area contributed by atoms with Gasteiger partial charge in [-0.2, -0.15) is 4.98 Å². The van der Waals surface area contributed by atoms with Crippen molar-refractivity contribution >= 4 is 23.0 Å². The van der Waals surface area contributed by atoms with Crippen molar-refractivity contribution in [2.75, 3.05) is 58.3 Å². The van der Waals surface area contributed by atoms with Crippen LogP contribution in [0.5, 0.6) is 0 Å². The summed E-state index contributed by atoms with van der Waals surface area (Å²) >= 11 is 0. The van der Waals surface area contributed by atoms with Gasteiger partial charge in [0.2, 0.25) is 5.91 Å². The molecular formula is C22H33N5O2. The lowest BCUT2D eigenvalue weighted by Crippen LogP contribution is -2.49. The van der Waals surface area contributed by atoms with Crippen molar-refractivity contribution in [3.05, 3.63) is 24.3 Å². The summed E-state index contributed by atoms with van der Waals surface area (Å²) in [6.45, 7) is 5.63. The molecule has 4 rings (SSSR count). The van der Waals surface area contributed by atoms with Crippen molar-refractivity contribution in [3.8, 4) is 0 Å². The average Bonchev–Trinajstić information content (AvgIpc) is 3.18. The number of likely N-dealkylation sites (tertiary alicyclic amines) is 1. The van der Waals surface area contributed by atoms with Crippen LogP contribution in [0, 0.1) is 5.92 Å². The molecule has 0 bridgehead atoms. The second-order valence-corrected chi connectivity index (χ2v) is 8.59. The molecule has 158 valence electrons. The van der Waals surface area contributed by atoms with Crippen LogP contribution in [0.15, 0.2) is 28.7 Å². The van der Waals surface area contributed by atoms with E-state index < -0.39 is 0 Å². The minimum atomic E-state index is 0.174. The molecular weight excluding hydrogens is 366 g/mol. The Labute approximate surface area is 173 Å². The van der Waals surface area contributed by atoms with Crippen LogP contribution < -0.4 is 10.2 Å². The lowest BCUT2D eigenvalue weighted by atomic mass is 9.93. The van der Waals surface area contributed by atoms with Crippen LogP contribution in [0.3, 0.4) is 0 Å². The molecule has 1 amide bonds. The van der Waals surface area contributed by atoms with Crippen LogP contribution in [-0.2, 0) is 4.79 Å². The monoisotopic (exact) mass is 399 g/mol. The van der Waals surface area contributed by atoms with E-state index in [9.17, 15) is 4.79 Å². The number of oxazole rings is 1. The zero-order valence-corrected chi connectivity index (χ0v) is 17.6. The summed E-state index contributed by atoms with van der Waals surface area (Å²) in [5.74, 6) is 0.408. The lowest BCUT2D eigenvalue weighted by molar-refractivity contribution is -0.126. The fourth-order valence-corrected chi connectivity index (χ4v) is 4.49. The fourth-order valence-electron chi connectivity index (χ4n) is 4.49. The first-order valence-electron chi connectivity index (χ1n) is 10.9. The SMILES string of the molecule is CN(C)CCNC(=O)C1CCN(C2CCN(c3nc4ccccc4o3)CC2)CC1. The van der Waals surface area contributed by atoms with E-state index in [1.54, 1.807) is 0 Å². The number of fused-ring (bicyclic) bond motifs is 1. The molecule has 0 spiro atoms. The third-order valence-electron chi connectivity index (χ3n) is 6.29. The van der Waals surface area contributed by atoms with Gasteiger partial charge in [-0.15, -0.1) is 0 Å². The first-order chi connectivity index (χ1) is 14.1. The van der Waals surface area contributed by atoms with Crippen molar-refractivity contribution in [1.82, 2.24) is 20.1 Å². The zero-order chi connectivity index (χ0) is 20.2. The van der Waals surface area contributed by atoms with Crippen LogP contribution in [0.25, 0.3) is 11.1 Å². The highest BCUT2D eigenvalue weighted by Gasteiger charge is 2.31. The molecule has 0 unspecified atom stereocenters. The van der Waals surface area contributed by atoms with Gasteiger partial charge in [0.05, 0.1) is 0 Å². The number of carbonyl (C=O) groups excluding carboxylic acids is 1. The van der Waals surface area contributed by atoms with Gasteiger partial charge in [0.1, 0.15) is 5.52 Å². The summed E-state index contributed by atoms with van der Waals surface area (Å²) in [6.07, 6.45) is 4.19. The molecule has 2 saturated heterocycles. The van der Waals surface area contributed by atoms with E-state index in [0.29, 0.717) is 6.04 Å². The molecule has 3 heterocycles. The molecule has 1 aromatic carbocycles. The molecule has 0 saturated carbocycles. The van der Waals surface area contributed by atoms with Gasteiger partial charge >= 0.3 is 0 Å². The molecule has 7 heteroatoms. The summed E-state index contributed by atoms with van der Waals surface area (Å²) in [5, 5.41) is 3.09. The van der Waals surface area contributed by atoms with Crippen LogP contribution in [0.1, 0.15) is 25.7 Å². The number of nitrogens with zero attached hydrogens (tertiary/aromatic N) is 4. The normalized spacial score (nSPS) is 19.9. The number of hydrogen-bond acceptors (Lipinski definition) is 6. The predicted molar refractivity (Wildman–Crippen MR) is 115 cm³/mol. The minimum absolute atomic E-state index is 0.174. The van der Waals surface area contributed by atoms with Gasteiger partial charge in [0, 0.05) is 38.1 Å². The van der Waals surface area contributed by atoms with Crippen LogP contribution in [-0.4, -0.2) is 80.1 Å². The van der Waals surface area contributed by atoms with Crippen molar-refractivity contribution in [1.29, 1.82) is 0 Å². The number of nitrogens with one attached hydrogen (secondary N) is 1. The summed E-state index contributed by atoms with van der Waals surface area (Å²) in [4.78, 5) is 23.9. The number of amides is 1. The van der Waals surface area contributed by atoms with Gasteiger partial charge in [0.25, 0.3) is 6.01 Å². The highest BCUT2D eigenvalue weighted by atomic mass is 16.4. The highest BCUT2D eigenvalue weighted by molar-refractivity contribution is 5.78. The Hall–Kier alpha value is -2.12. The minimum Gasteiger partial charge on any atom is -0.423 e. The van der Waals surface area contributed by atoms with Crippen molar-refractivity contribution in [2.24, 2.45) is 5.92 Å². The Morgan fingerprint density at radius 1 is 1.14 bits per heavy atom. The maximum Gasteiger partial charge on any atom is 0.298 e. The number of hydrogen-bond donors (Lipinski definition) is 1. The van der Waals surface area contributed by atoms with E-state index >= 15 is 0 Å². The van der Waals surface area contributed by atoms with Gasteiger partial charge in [0.15, 0.2) is 5.58 Å². The third kappa shape index (κ3) is 4.90. The number of para-hydroxylation sites is 2. The topological polar surface area (TPSA) is 64.9 Å². The van der Waals surface area contributed by atoms with Gasteiger partial charge in [-0.25, -0.2) is 0 Å². The quantitative estimate of drug-likeness (QED) is 0.803. The van der Waals surface area contributed by atoms with Gasteiger partial charge in [-0.1, -0.05) is 12.1 Å². The number of likely N-dealkylation sites (N-methyl/N-ethyl adjacent to an activating group) is 1. The van der Waals surface area contributed by atoms with E-state index in [1.807, 2.05) is 38.4 Å². The third-order valence-corrected chi connectivity index (χ3v) is 6.29. The van der Waals surface area contributed by atoms with Gasteiger partial charge in [-0.3, -0.25) is 4.79 Å². The standard InChI is InChI=1S/C22H33N5O2/c1-25(2)16-11-23-21(28)17-7-12-26(13-8-17)18-9-14-27(15-10-18)22-24-19-5-3-4-6-20(19)29-22/h3-6,17-18H,7-16H2,1-2H3,(H,23,28). The Morgan fingerprint density at radius 3 is 2.55 bits per heavy atom. The fraction of sp³-hybridized carbons (Fsp3) is 0.636. The summed E-state index contributed by atoms with van der Waals surface area (Å²) < 4.78 is 5.93. The number of aromatic nitrogens is 1. The number of piperidine rings is 2. The molecule has 2 aliphatic rings. The Bertz CT molecular complexity index is 771. The molecule has 2 fully saturated rings. The molecule has 0 atom stereocenters. The van der Waals surface area contributed by atoms with Crippen LogP contribution in [0.2, 0.25) is 0 Å². The summed E-state index contributed by atoms with van der Waals surface area (Å²) in [6, 6.07) is 9.30. The van der Waals surface area contributed by atoms with Gasteiger partial charge in [-0.05, 0) is 65.0 Å². The van der Waals surface area contributed by atoms with E-state index in [4.69, 9.17) is 4.42 Å². The Kier molecular flexibility index (Phi) is 6.35. The molecule has 0 aliphatic carbocycles. The molecule has 1 aromatic heterocycles. The molecule has 1 N–H and O–H groups in total. The number of rotatable bonds is 6. The molecule has 2 aliphatic heterocycles. The van der Waals surface area contributed by atoms with E-state index in [-0.39, 0.29) is 11.8 Å². The predicted octanol–water partition coefficient (Wildman–Crippen LogP) is 2.19. The van der Waals surface area contributed by atoms with E-state index in [1.165, 1.54) is 0 Å². The first-order valence-corrected chi connectivity index (χ1v) is 10.9. The van der Waals surface area contributed by atoms with Crippen molar-refractivity contribution in [3.63, 3.8) is 0 Å². The van der Waals surface area contributed by atoms with Crippen molar-refractivity contribution < 1.29 is 9.21 Å². The number of carbonyl (C=O) groups is 1. The number of benzene rings is 1. The highest BCUT2D eigenvalue weighted by Crippen LogP contribution is 2.28. The largest absolute Gasteiger partial charge is 0.423 e. The van der Waals surface area contributed by atoms with Crippen LogP contribution in [0.4, 0.5) is 6.01 Å². The van der Waals surface area contributed by atoms with Crippen molar-refractivity contribution in [2.45, 2.75) is 31.7 Å². The molecule has 0 radical (unpaired) electrons. The molecule has 2 aromatic rings. The second kappa shape index (κ2) is 9.13. The first kappa shape index (κ1) is 20.2.